The van der Waals surface area contributed by atoms with Crippen molar-refractivity contribution in [2.75, 3.05) is 25.1 Å². The van der Waals surface area contributed by atoms with E-state index < -0.39 is 12.2 Å². The molecule has 1 fully saturated rings. The molecule has 3 heterocycles. The van der Waals surface area contributed by atoms with E-state index in [4.69, 9.17) is 10.1 Å². The van der Waals surface area contributed by atoms with E-state index in [9.17, 15) is 9.59 Å². The average molecular weight is 383 g/mol. The van der Waals surface area contributed by atoms with Gasteiger partial charge in [-0.25, -0.2) is 9.79 Å². The smallest absolute Gasteiger partial charge is 0.328 e. The van der Waals surface area contributed by atoms with E-state index in [0.717, 1.165) is 17.1 Å². The lowest BCUT2D eigenvalue weighted by atomic mass is 10.1. The molecule has 2 atom stereocenters. The van der Waals surface area contributed by atoms with Crippen molar-refractivity contribution in [1.29, 1.82) is 0 Å². The molecule has 1 aromatic rings. The van der Waals surface area contributed by atoms with E-state index in [1.54, 1.807) is 7.05 Å². The first-order valence-electron chi connectivity index (χ1n) is 9.47. The molecular weight excluding hydrogens is 358 g/mol. The number of likely N-dealkylation sites (N-methyl/N-ethyl adjacent to an activating group) is 1. The van der Waals surface area contributed by atoms with Crippen LogP contribution in [0.5, 0.6) is 0 Å². The molecule has 8 nitrogen and oxygen atoms in total. The predicted octanol–water partition coefficient (Wildman–Crippen LogP) is 1.71. The second-order valence-corrected chi connectivity index (χ2v) is 7.46. The second kappa shape index (κ2) is 6.63. The van der Waals surface area contributed by atoms with E-state index >= 15 is 0 Å². The highest BCUT2D eigenvalue weighted by Gasteiger charge is 2.55. The van der Waals surface area contributed by atoms with Crippen LogP contribution < -0.4 is 4.90 Å². The quantitative estimate of drug-likeness (QED) is 0.856. The number of anilines is 1. The molecule has 0 aromatic heterocycles. The molecule has 3 aliphatic heterocycles. The number of fused-ring (bicyclic) bond motifs is 3. The Morgan fingerprint density at radius 1 is 1.07 bits per heavy atom. The Labute approximate surface area is 164 Å². The lowest BCUT2D eigenvalue weighted by Crippen LogP contribution is -2.64. The number of aliphatic imine (C=N–C) groups is 1. The normalized spacial score (nSPS) is 24.2. The van der Waals surface area contributed by atoms with Crippen LogP contribution in [0.15, 0.2) is 40.7 Å². The molecule has 3 amide bonds. The van der Waals surface area contributed by atoms with Crippen molar-refractivity contribution in [2.24, 2.45) is 4.99 Å². The summed E-state index contributed by atoms with van der Waals surface area (Å²) in [4.78, 5) is 37.4. The van der Waals surface area contributed by atoms with Crippen molar-refractivity contribution in [2.45, 2.75) is 39.4 Å². The Balaban J connectivity index is 1.73. The number of aliphatic hydroxyl groups is 1. The number of amides is 3. The highest BCUT2D eigenvalue weighted by Crippen LogP contribution is 2.39. The van der Waals surface area contributed by atoms with Gasteiger partial charge < -0.3 is 10.0 Å². The molecule has 8 heteroatoms. The summed E-state index contributed by atoms with van der Waals surface area (Å²) in [5.41, 5.74) is 4.10. The van der Waals surface area contributed by atoms with Crippen molar-refractivity contribution in [3.63, 3.8) is 0 Å². The average Bonchev–Trinajstić information content (AvgIpc) is 3.17. The van der Waals surface area contributed by atoms with Gasteiger partial charge >= 0.3 is 6.03 Å². The van der Waals surface area contributed by atoms with Crippen molar-refractivity contribution in [1.82, 2.24) is 14.7 Å². The van der Waals surface area contributed by atoms with Crippen LogP contribution in [-0.4, -0.2) is 70.1 Å². The van der Waals surface area contributed by atoms with Crippen molar-refractivity contribution < 1.29 is 14.7 Å². The Morgan fingerprint density at radius 2 is 1.75 bits per heavy atom. The van der Waals surface area contributed by atoms with Crippen molar-refractivity contribution in [3.05, 3.63) is 41.2 Å². The predicted molar refractivity (Wildman–Crippen MR) is 105 cm³/mol. The standard InChI is InChI=1S/C20H25N5O3/c1-12-6-8-15(9-7-12)24-13(2)14(3)25-16-17(21-19(24)25)22(4)20(28)23(18(16)27)10-5-11-26/h6-9,16-17,26H,5,10-11H2,1-4H3. The fraction of sp³-hybridized carbons (Fsp3) is 0.450. The van der Waals surface area contributed by atoms with Gasteiger partial charge in [0.25, 0.3) is 5.91 Å². The molecule has 3 aliphatic rings. The SMILES string of the molecule is CC1=C(C)N2C(=NC3C2C(=O)N(CCCO)C(=O)N3C)N1c1ccc(C)cc1. The largest absolute Gasteiger partial charge is 0.396 e. The molecule has 0 spiro atoms. The number of allylic oxidation sites excluding steroid dienone is 2. The summed E-state index contributed by atoms with van der Waals surface area (Å²) in [7, 11) is 1.67. The number of aliphatic hydroxyl groups excluding tert-OH is 1. The van der Waals surface area contributed by atoms with Crippen LogP contribution >= 0.6 is 0 Å². The van der Waals surface area contributed by atoms with Gasteiger partial charge in [-0.1, -0.05) is 17.7 Å². The zero-order valence-electron chi connectivity index (χ0n) is 16.6. The van der Waals surface area contributed by atoms with E-state index in [1.807, 2.05) is 54.8 Å². The summed E-state index contributed by atoms with van der Waals surface area (Å²) in [5, 5.41) is 9.12. The summed E-state index contributed by atoms with van der Waals surface area (Å²) < 4.78 is 0. The van der Waals surface area contributed by atoms with Gasteiger partial charge in [0.1, 0.15) is 0 Å². The first-order valence-corrected chi connectivity index (χ1v) is 9.47. The summed E-state index contributed by atoms with van der Waals surface area (Å²) >= 11 is 0. The minimum absolute atomic E-state index is 0.0699. The molecule has 2 unspecified atom stereocenters. The monoisotopic (exact) mass is 383 g/mol. The summed E-state index contributed by atoms with van der Waals surface area (Å²) in [6, 6.07) is 7.20. The molecule has 1 N–H and O–H groups in total. The van der Waals surface area contributed by atoms with E-state index in [-0.39, 0.29) is 25.1 Å². The van der Waals surface area contributed by atoms with Crippen LogP contribution in [0, 0.1) is 6.92 Å². The summed E-state index contributed by atoms with van der Waals surface area (Å²) in [6.07, 6.45) is -0.198. The van der Waals surface area contributed by atoms with Crippen LogP contribution in [0.2, 0.25) is 0 Å². The summed E-state index contributed by atoms with van der Waals surface area (Å²) in [5.74, 6) is 0.407. The number of hydrogen-bond donors (Lipinski definition) is 1. The van der Waals surface area contributed by atoms with Gasteiger partial charge in [-0.2, -0.15) is 0 Å². The van der Waals surface area contributed by atoms with Crippen LogP contribution in [0.3, 0.4) is 0 Å². The number of guanidine groups is 1. The van der Waals surface area contributed by atoms with Crippen LogP contribution in [0.1, 0.15) is 25.8 Å². The highest BCUT2D eigenvalue weighted by atomic mass is 16.3. The van der Waals surface area contributed by atoms with Crippen molar-refractivity contribution >= 4 is 23.6 Å². The molecule has 148 valence electrons. The molecule has 0 saturated carbocycles. The Bertz CT molecular complexity index is 892. The van der Waals surface area contributed by atoms with E-state index in [1.165, 1.54) is 15.4 Å². The number of aryl methyl sites for hydroxylation is 1. The van der Waals surface area contributed by atoms with Crippen LogP contribution in [-0.2, 0) is 4.79 Å². The number of nitrogens with zero attached hydrogens (tertiary/aromatic N) is 5. The number of carbonyl (C=O) groups excluding carboxylic acids is 2. The van der Waals surface area contributed by atoms with Gasteiger partial charge in [-0.3, -0.25) is 19.5 Å². The van der Waals surface area contributed by atoms with Gasteiger partial charge in [0, 0.05) is 37.3 Å². The Morgan fingerprint density at radius 3 is 2.39 bits per heavy atom. The maximum absolute atomic E-state index is 13.2. The molecular formula is C20H25N5O3. The maximum atomic E-state index is 13.2. The van der Waals surface area contributed by atoms with Gasteiger partial charge in [0.15, 0.2) is 12.2 Å². The van der Waals surface area contributed by atoms with Crippen molar-refractivity contribution in [3.8, 4) is 0 Å². The fourth-order valence-corrected chi connectivity index (χ4v) is 4.05. The number of urea groups is 1. The van der Waals surface area contributed by atoms with Gasteiger partial charge in [0.05, 0.1) is 0 Å². The highest BCUT2D eigenvalue weighted by molar-refractivity contribution is 6.10. The third kappa shape index (κ3) is 2.51. The third-order valence-electron chi connectivity index (χ3n) is 5.72. The number of hydrogen-bond acceptors (Lipinski definition) is 6. The molecule has 1 aromatic carbocycles. The minimum Gasteiger partial charge on any atom is -0.396 e. The maximum Gasteiger partial charge on any atom is 0.328 e. The Hall–Kier alpha value is -2.87. The first-order chi connectivity index (χ1) is 13.4. The second-order valence-electron chi connectivity index (χ2n) is 7.46. The lowest BCUT2D eigenvalue weighted by molar-refractivity contribution is -0.136. The lowest BCUT2D eigenvalue weighted by Gasteiger charge is -2.40. The molecule has 0 bridgehead atoms. The fourth-order valence-electron chi connectivity index (χ4n) is 4.05. The van der Waals surface area contributed by atoms with E-state index in [2.05, 4.69) is 0 Å². The van der Waals surface area contributed by atoms with E-state index in [0.29, 0.717) is 12.4 Å². The molecule has 4 rings (SSSR count). The zero-order chi connectivity index (χ0) is 20.2. The van der Waals surface area contributed by atoms with Gasteiger partial charge in [0.2, 0.25) is 5.96 Å². The zero-order valence-corrected chi connectivity index (χ0v) is 16.6. The number of carbonyl (C=O) groups is 2. The van der Waals surface area contributed by atoms with Crippen LogP contribution in [0.4, 0.5) is 10.5 Å². The van der Waals surface area contributed by atoms with Gasteiger partial charge in [-0.15, -0.1) is 0 Å². The molecule has 1 saturated heterocycles. The molecule has 0 aliphatic carbocycles. The molecule has 28 heavy (non-hydrogen) atoms. The van der Waals surface area contributed by atoms with Gasteiger partial charge in [-0.05, 0) is 39.3 Å². The molecule has 0 radical (unpaired) electrons. The summed E-state index contributed by atoms with van der Waals surface area (Å²) in [6.45, 7) is 6.16. The number of imide groups is 1. The number of rotatable bonds is 4. The topological polar surface area (TPSA) is 79.7 Å². The minimum atomic E-state index is -0.582. The van der Waals surface area contributed by atoms with Crippen LogP contribution in [0.25, 0.3) is 0 Å². The first kappa shape index (κ1) is 18.5. The third-order valence-corrected chi connectivity index (χ3v) is 5.72. The Kier molecular flexibility index (Phi) is 4.38. The number of benzene rings is 1.